The summed E-state index contributed by atoms with van der Waals surface area (Å²) in [5, 5.41) is 7.20. The average Bonchev–Trinajstić information content (AvgIpc) is 2.44. The van der Waals surface area contributed by atoms with E-state index >= 15 is 0 Å². The highest BCUT2D eigenvalue weighted by atomic mass is 15.1. The lowest BCUT2D eigenvalue weighted by Crippen LogP contribution is -2.27. The molecule has 1 atom stereocenters. The third kappa shape index (κ3) is 5.50. The fourth-order valence-electron chi connectivity index (χ4n) is 2.64. The molecule has 0 bridgehead atoms. The third-order valence-electron chi connectivity index (χ3n) is 3.56. The molecule has 0 aromatic rings. The molecule has 1 saturated heterocycles. The molecule has 1 unspecified atom stereocenters. The molecule has 16 heavy (non-hydrogen) atoms. The Labute approximate surface area is 99.9 Å². The maximum atomic E-state index is 7.20. The first-order chi connectivity index (χ1) is 7.72. The number of hydrogen-bond acceptors (Lipinski definition) is 2. The molecule has 3 nitrogen and oxygen atoms in total. The summed E-state index contributed by atoms with van der Waals surface area (Å²) < 4.78 is 0. The van der Waals surface area contributed by atoms with E-state index in [1.165, 1.54) is 45.2 Å². The van der Waals surface area contributed by atoms with E-state index in [9.17, 15) is 0 Å². The van der Waals surface area contributed by atoms with Crippen molar-refractivity contribution >= 4 is 5.84 Å². The van der Waals surface area contributed by atoms with Gasteiger partial charge in [-0.1, -0.05) is 19.8 Å². The summed E-state index contributed by atoms with van der Waals surface area (Å²) >= 11 is 0. The van der Waals surface area contributed by atoms with Gasteiger partial charge in [0.25, 0.3) is 0 Å². The summed E-state index contributed by atoms with van der Waals surface area (Å²) in [6.07, 6.45) is 8.68. The second-order valence-corrected chi connectivity index (χ2v) is 5.06. The van der Waals surface area contributed by atoms with E-state index in [0.29, 0.717) is 5.84 Å². The number of nitrogens with two attached hydrogens (primary N) is 1. The Morgan fingerprint density at radius 2 is 2.19 bits per heavy atom. The number of nitrogens with zero attached hydrogens (tertiary/aromatic N) is 1. The van der Waals surface area contributed by atoms with Gasteiger partial charge in [-0.2, -0.15) is 0 Å². The van der Waals surface area contributed by atoms with Crippen LogP contribution in [-0.4, -0.2) is 30.4 Å². The molecule has 94 valence electrons. The van der Waals surface area contributed by atoms with E-state index in [1.807, 2.05) is 0 Å². The summed E-state index contributed by atoms with van der Waals surface area (Å²) in [4.78, 5) is 2.55. The highest BCUT2D eigenvalue weighted by molar-refractivity contribution is 5.76. The van der Waals surface area contributed by atoms with Crippen LogP contribution in [0.1, 0.15) is 51.9 Å². The minimum atomic E-state index is 0.332. The highest BCUT2D eigenvalue weighted by Gasteiger charge is 2.15. The van der Waals surface area contributed by atoms with Crippen LogP contribution in [0.3, 0.4) is 0 Å². The maximum Gasteiger partial charge on any atom is 0.0905 e. The molecule has 1 aliphatic heterocycles. The van der Waals surface area contributed by atoms with Crippen LogP contribution < -0.4 is 5.73 Å². The van der Waals surface area contributed by atoms with Crippen molar-refractivity contribution in [1.29, 1.82) is 5.41 Å². The normalized spacial score (nSPS) is 22.9. The summed E-state index contributed by atoms with van der Waals surface area (Å²) in [5.74, 6) is 1.29. The first-order valence-electron chi connectivity index (χ1n) is 6.77. The Morgan fingerprint density at radius 1 is 1.38 bits per heavy atom. The first kappa shape index (κ1) is 13.5. The van der Waals surface area contributed by atoms with Crippen LogP contribution in [0.25, 0.3) is 0 Å². The zero-order chi connectivity index (χ0) is 11.8. The minimum Gasteiger partial charge on any atom is -0.388 e. The molecule has 0 aliphatic carbocycles. The lowest BCUT2D eigenvalue weighted by atomic mass is 9.96. The second kappa shape index (κ2) is 7.66. The van der Waals surface area contributed by atoms with Gasteiger partial charge in [0, 0.05) is 6.42 Å². The lowest BCUT2D eigenvalue weighted by molar-refractivity contribution is 0.277. The molecular formula is C13H27N3. The Bertz CT molecular complexity index is 203. The van der Waals surface area contributed by atoms with Gasteiger partial charge in [0.05, 0.1) is 5.84 Å². The van der Waals surface area contributed by atoms with Crippen molar-refractivity contribution in [2.24, 2.45) is 11.7 Å². The first-order valence-corrected chi connectivity index (χ1v) is 6.77. The Hall–Kier alpha value is -0.570. The molecule has 1 rings (SSSR count). The standard InChI is InChI=1S/C13H27N3/c1-2-5-12-6-3-9-16(11-8-12)10-4-7-13(14)15/h12H,2-11H2,1H3,(H3,14,15). The quantitative estimate of drug-likeness (QED) is 0.539. The van der Waals surface area contributed by atoms with Crippen LogP contribution in [0.5, 0.6) is 0 Å². The largest absolute Gasteiger partial charge is 0.388 e. The molecule has 1 heterocycles. The number of amidine groups is 1. The van der Waals surface area contributed by atoms with Crippen LogP contribution in [0.15, 0.2) is 0 Å². The summed E-state index contributed by atoms with van der Waals surface area (Å²) in [5.41, 5.74) is 5.37. The van der Waals surface area contributed by atoms with Gasteiger partial charge >= 0.3 is 0 Å². The monoisotopic (exact) mass is 225 g/mol. The molecule has 1 aliphatic rings. The zero-order valence-electron chi connectivity index (χ0n) is 10.7. The summed E-state index contributed by atoms with van der Waals surface area (Å²) in [6.45, 7) is 5.91. The van der Waals surface area contributed by atoms with Gasteiger partial charge in [-0.3, -0.25) is 5.41 Å². The molecular weight excluding hydrogens is 198 g/mol. The van der Waals surface area contributed by atoms with Crippen LogP contribution >= 0.6 is 0 Å². The van der Waals surface area contributed by atoms with Crippen molar-refractivity contribution in [3.8, 4) is 0 Å². The molecule has 0 amide bonds. The van der Waals surface area contributed by atoms with Gasteiger partial charge in [-0.05, 0) is 51.2 Å². The van der Waals surface area contributed by atoms with Crippen molar-refractivity contribution in [2.45, 2.75) is 51.9 Å². The van der Waals surface area contributed by atoms with Gasteiger partial charge in [-0.25, -0.2) is 0 Å². The summed E-state index contributed by atoms with van der Waals surface area (Å²) in [6, 6.07) is 0. The van der Waals surface area contributed by atoms with Gasteiger partial charge in [-0.15, -0.1) is 0 Å². The van der Waals surface area contributed by atoms with Gasteiger partial charge in [0.1, 0.15) is 0 Å². The van der Waals surface area contributed by atoms with E-state index in [1.54, 1.807) is 0 Å². The van der Waals surface area contributed by atoms with Gasteiger partial charge < -0.3 is 10.6 Å². The SMILES string of the molecule is CCCC1CCCN(CCCC(=N)N)CC1. The van der Waals surface area contributed by atoms with Crippen LogP contribution in [0.2, 0.25) is 0 Å². The predicted octanol–water partition coefficient (Wildman–Crippen LogP) is 2.60. The van der Waals surface area contributed by atoms with E-state index in [4.69, 9.17) is 11.1 Å². The van der Waals surface area contributed by atoms with E-state index in [2.05, 4.69) is 11.8 Å². The van der Waals surface area contributed by atoms with E-state index in [-0.39, 0.29) is 0 Å². The number of likely N-dealkylation sites (tertiary alicyclic amines) is 1. The molecule has 1 fully saturated rings. The minimum absolute atomic E-state index is 0.332. The molecule has 3 heteroatoms. The number of rotatable bonds is 6. The Balaban J connectivity index is 2.17. The van der Waals surface area contributed by atoms with E-state index < -0.39 is 0 Å². The van der Waals surface area contributed by atoms with E-state index in [0.717, 1.165) is 25.3 Å². The summed E-state index contributed by atoms with van der Waals surface area (Å²) in [7, 11) is 0. The predicted molar refractivity (Wildman–Crippen MR) is 69.8 cm³/mol. The fourth-order valence-corrected chi connectivity index (χ4v) is 2.64. The van der Waals surface area contributed by atoms with Crippen molar-refractivity contribution in [1.82, 2.24) is 4.90 Å². The smallest absolute Gasteiger partial charge is 0.0905 e. The van der Waals surface area contributed by atoms with Crippen LogP contribution in [-0.2, 0) is 0 Å². The molecule has 3 N–H and O–H groups in total. The fraction of sp³-hybridized carbons (Fsp3) is 0.923. The van der Waals surface area contributed by atoms with Crippen molar-refractivity contribution in [3.63, 3.8) is 0 Å². The van der Waals surface area contributed by atoms with Crippen molar-refractivity contribution < 1.29 is 0 Å². The van der Waals surface area contributed by atoms with Crippen LogP contribution in [0, 0.1) is 11.3 Å². The second-order valence-electron chi connectivity index (χ2n) is 5.06. The molecule has 0 spiro atoms. The van der Waals surface area contributed by atoms with Gasteiger partial charge in [0.15, 0.2) is 0 Å². The number of nitrogens with one attached hydrogen (secondary N) is 1. The topological polar surface area (TPSA) is 53.1 Å². The Morgan fingerprint density at radius 3 is 2.88 bits per heavy atom. The molecule has 0 aromatic heterocycles. The lowest BCUT2D eigenvalue weighted by Gasteiger charge is -2.19. The molecule has 0 saturated carbocycles. The third-order valence-corrected chi connectivity index (χ3v) is 3.56. The Kier molecular flexibility index (Phi) is 6.46. The van der Waals surface area contributed by atoms with Crippen molar-refractivity contribution in [3.05, 3.63) is 0 Å². The zero-order valence-corrected chi connectivity index (χ0v) is 10.7. The average molecular weight is 225 g/mol. The molecule has 0 radical (unpaired) electrons. The molecule has 0 aromatic carbocycles. The number of hydrogen-bond donors (Lipinski definition) is 2. The van der Waals surface area contributed by atoms with Gasteiger partial charge in [0.2, 0.25) is 0 Å². The van der Waals surface area contributed by atoms with Crippen LogP contribution in [0.4, 0.5) is 0 Å². The maximum absolute atomic E-state index is 7.20. The highest BCUT2D eigenvalue weighted by Crippen LogP contribution is 2.21. The van der Waals surface area contributed by atoms with Crippen molar-refractivity contribution in [2.75, 3.05) is 19.6 Å².